The highest BCUT2D eigenvalue weighted by molar-refractivity contribution is 5.94. The van der Waals surface area contributed by atoms with E-state index in [9.17, 15) is 22.8 Å². The number of halogens is 3. The first kappa shape index (κ1) is 21.1. The first-order chi connectivity index (χ1) is 15.9. The van der Waals surface area contributed by atoms with Crippen molar-refractivity contribution >= 4 is 16.8 Å². The van der Waals surface area contributed by atoms with Crippen molar-refractivity contribution in [1.29, 1.82) is 0 Å². The lowest BCUT2D eigenvalue weighted by molar-refractivity contribution is 0.0935. The molecule has 0 unspecified atom stereocenters. The fourth-order valence-electron chi connectivity index (χ4n) is 4.54. The number of rotatable bonds is 5. The molecule has 0 saturated heterocycles. The number of hydrogen-bond donors (Lipinski definition) is 3. The zero-order chi connectivity index (χ0) is 23.1. The number of nitrogens with one attached hydrogen (secondary N) is 3. The fourth-order valence-corrected chi connectivity index (χ4v) is 4.54. The smallest absolute Gasteiger partial charge is 0.252 e. The van der Waals surface area contributed by atoms with Gasteiger partial charge in [-0.3, -0.25) is 9.59 Å². The zero-order valence-electron chi connectivity index (χ0n) is 17.4. The molecule has 5 rings (SSSR count). The first-order valence-corrected chi connectivity index (χ1v) is 10.6. The van der Waals surface area contributed by atoms with Crippen molar-refractivity contribution in [2.75, 3.05) is 6.54 Å². The van der Waals surface area contributed by atoms with E-state index in [4.69, 9.17) is 0 Å². The Labute approximate surface area is 186 Å². The average Bonchev–Trinajstić information content (AvgIpc) is 3.13. The highest BCUT2D eigenvalue weighted by Gasteiger charge is 2.34. The summed E-state index contributed by atoms with van der Waals surface area (Å²) in [7, 11) is 0. The quantitative estimate of drug-likeness (QED) is 0.405. The minimum absolute atomic E-state index is 0.0370. The number of carbonyl (C=O) groups excluding carboxylic acids is 1. The number of aromatic amines is 2. The molecule has 2 aromatic carbocycles. The SMILES string of the molecule is O=C(NCC1CC(c2c(-c3ccc(F)cc3)[nH]c3c(F)cc(F)cc23)C1)c1ccc(=O)[nH]c1. The molecule has 8 heteroatoms. The zero-order valence-corrected chi connectivity index (χ0v) is 17.4. The average molecular weight is 451 g/mol. The Bertz CT molecular complexity index is 1380. The van der Waals surface area contributed by atoms with Crippen LogP contribution in [-0.2, 0) is 0 Å². The van der Waals surface area contributed by atoms with Crippen molar-refractivity contribution in [3.8, 4) is 11.3 Å². The van der Waals surface area contributed by atoms with Crippen molar-refractivity contribution in [2.24, 2.45) is 5.92 Å². The van der Waals surface area contributed by atoms with Crippen molar-refractivity contribution in [3.05, 3.63) is 93.7 Å². The van der Waals surface area contributed by atoms with Gasteiger partial charge >= 0.3 is 0 Å². The summed E-state index contributed by atoms with van der Waals surface area (Å²) in [6.07, 6.45) is 2.82. The van der Waals surface area contributed by atoms with Gasteiger partial charge in [-0.05, 0) is 72.2 Å². The van der Waals surface area contributed by atoms with Gasteiger partial charge in [0.2, 0.25) is 5.56 Å². The number of benzene rings is 2. The summed E-state index contributed by atoms with van der Waals surface area (Å²) in [6, 6.07) is 10.8. The highest BCUT2D eigenvalue weighted by atomic mass is 19.1. The Morgan fingerprint density at radius 1 is 1.00 bits per heavy atom. The van der Waals surface area contributed by atoms with Crippen LogP contribution in [-0.4, -0.2) is 22.4 Å². The Kier molecular flexibility index (Phi) is 5.28. The van der Waals surface area contributed by atoms with E-state index in [2.05, 4.69) is 15.3 Å². The lowest BCUT2D eigenvalue weighted by Gasteiger charge is -2.36. The molecule has 0 aliphatic heterocycles. The number of H-pyrrole nitrogens is 2. The van der Waals surface area contributed by atoms with E-state index in [-0.39, 0.29) is 34.6 Å². The molecule has 4 aromatic rings. The third kappa shape index (κ3) is 4.04. The Morgan fingerprint density at radius 3 is 2.45 bits per heavy atom. The standard InChI is InChI=1S/C25H20F3N3O2/c26-17-4-1-14(2-5-17)23-22(19-9-18(27)10-20(28)24(19)31-23)16-7-13(8-16)11-30-25(33)15-3-6-21(32)29-12-15/h1-6,9-10,12-13,16,31H,7-8,11H2,(H,29,32)(H,30,33). The van der Waals surface area contributed by atoms with Gasteiger partial charge in [0, 0.05) is 30.3 Å². The van der Waals surface area contributed by atoms with E-state index >= 15 is 0 Å². The molecule has 1 aliphatic carbocycles. The van der Waals surface area contributed by atoms with Crippen LogP contribution in [0.5, 0.6) is 0 Å². The predicted octanol–water partition coefficient (Wildman–Crippen LogP) is 4.86. The molecule has 2 aromatic heterocycles. The first-order valence-electron chi connectivity index (χ1n) is 10.6. The molecule has 1 aliphatic rings. The summed E-state index contributed by atoms with van der Waals surface area (Å²) in [5.74, 6) is -1.76. The summed E-state index contributed by atoms with van der Waals surface area (Å²) in [6.45, 7) is 0.450. The monoisotopic (exact) mass is 451 g/mol. The van der Waals surface area contributed by atoms with Crippen LogP contribution in [0.15, 0.2) is 59.5 Å². The molecule has 0 atom stereocenters. The number of hydrogen-bond acceptors (Lipinski definition) is 2. The molecule has 168 valence electrons. The molecule has 1 amide bonds. The maximum Gasteiger partial charge on any atom is 0.252 e. The van der Waals surface area contributed by atoms with Gasteiger partial charge in [-0.1, -0.05) is 0 Å². The third-order valence-corrected chi connectivity index (χ3v) is 6.24. The predicted molar refractivity (Wildman–Crippen MR) is 118 cm³/mol. The lowest BCUT2D eigenvalue weighted by atomic mass is 9.70. The van der Waals surface area contributed by atoms with Crippen molar-refractivity contribution < 1.29 is 18.0 Å². The fraction of sp³-hybridized carbons (Fsp3) is 0.200. The Morgan fingerprint density at radius 2 is 1.76 bits per heavy atom. The number of pyridine rings is 1. The largest absolute Gasteiger partial charge is 0.352 e. The summed E-state index contributed by atoms with van der Waals surface area (Å²) in [4.78, 5) is 29.0. The van der Waals surface area contributed by atoms with Gasteiger partial charge in [-0.15, -0.1) is 0 Å². The van der Waals surface area contributed by atoms with Crippen LogP contribution in [0.25, 0.3) is 22.2 Å². The summed E-state index contributed by atoms with van der Waals surface area (Å²) < 4.78 is 41.9. The number of fused-ring (bicyclic) bond motifs is 1. The van der Waals surface area contributed by atoms with Crippen molar-refractivity contribution in [3.63, 3.8) is 0 Å². The van der Waals surface area contributed by atoms with Gasteiger partial charge in [0.15, 0.2) is 0 Å². The van der Waals surface area contributed by atoms with E-state index in [0.29, 0.717) is 28.8 Å². The second-order valence-electron chi connectivity index (χ2n) is 8.42. The summed E-state index contributed by atoms with van der Waals surface area (Å²) in [5, 5.41) is 3.34. The number of amides is 1. The van der Waals surface area contributed by atoms with Crippen LogP contribution >= 0.6 is 0 Å². The minimum Gasteiger partial charge on any atom is -0.352 e. The maximum atomic E-state index is 14.5. The van der Waals surface area contributed by atoms with Gasteiger partial charge in [0.1, 0.15) is 17.5 Å². The molecule has 33 heavy (non-hydrogen) atoms. The van der Waals surface area contributed by atoms with Crippen LogP contribution in [0.3, 0.4) is 0 Å². The highest BCUT2D eigenvalue weighted by Crippen LogP contribution is 2.48. The molecule has 1 fully saturated rings. The third-order valence-electron chi connectivity index (χ3n) is 6.24. The van der Waals surface area contributed by atoms with Gasteiger partial charge < -0.3 is 15.3 Å². The second-order valence-corrected chi connectivity index (χ2v) is 8.42. The van der Waals surface area contributed by atoms with E-state index < -0.39 is 11.6 Å². The molecule has 0 spiro atoms. The Balaban J connectivity index is 1.37. The van der Waals surface area contributed by atoms with Gasteiger partial charge in [-0.2, -0.15) is 0 Å². The molecule has 0 radical (unpaired) electrons. The van der Waals surface area contributed by atoms with E-state index in [1.165, 1.54) is 36.5 Å². The number of carbonyl (C=O) groups is 1. The molecule has 0 bridgehead atoms. The molecular weight excluding hydrogens is 431 g/mol. The topological polar surface area (TPSA) is 77.8 Å². The van der Waals surface area contributed by atoms with Gasteiger partial charge in [0.25, 0.3) is 5.91 Å². The summed E-state index contributed by atoms with van der Waals surface area (Å²) >= 11 is 0. The summed E-state index contributed by atoms with van der Waals surface area (Å²) in [5.41, 5.74) is 2.45. The van der Waals surface area contributed by atoms with E-state index in [1.54, 1.807) is 12.1 Å². The van der Waals surface area contributed by atoms with Crippen LogP contribution < -0.4 is 10.9 Å². The van der Waals surface area contributed by atoms with Crippen molar-refractivity contribution in [1.82, 2.24) is 15.3 Å². The van der Waals surface area contributed by atoms with Crippen molar-refractivity contribution in [2.45, 2.75) is 18.8 Å². The molecule has 1 saturated carbocycles. The second kappa shape index (κ2) is 8.27. The molecule has 5 nitrogen and oxygen atoms in total. The van der Waals surface area contributed by atoms with E-state index in [0.717, 1.165) is 24.5 Å². The maximum absolute atomic E-state index is 14.5. The van der Waals surface area contributed by atoms with Crippen LogP contribution in [0, 0.1) is 23.4 Å². The van der Waals surface area contributed by atoms with Crippen LogP contribution in [0.1, 0.15) is 34.7 Å². The molecule has 2 heterocycles. The normalized spacial score (nSPS) is 17.7. The minimum atomic E-state index is -0.677. The lowest BCUT2D eigenvalue weighted by Crippen LogP contribution is -2.35. The van der Waals surface area contributed by atoms with E-state index in [1.807, 2.05) is 0 Å². The molecule has 3 N–H and O–H groups in total. The number of aromatic nitrogens is 2. The van der Waals surface area contributed by atoms with Crippen LogP contribution in [0.2, 0.25) is 0 Å². The Hall–Kier alpha value is -3.81. The molecular formula is C25H20F3N3O2. The van der Waals surface area contributed by atoms with Gasteiger partial charge in [-0.25, -0.2) is 13.2 Å². The van der Waals surface area contributed by atoms with Gasteiger partial charge in [0.05, 0.1) is 16.8 Å². The van der Waals surface area contributed by atoms with Crippen LogP contribution in [0.4, 0.5) is 13.2 Å².